The molecule has 0 radical (unpaired) electrons. The Hall–Kier alpha value is -1.73. The number of amides is 1. The molecule has 0 unspecified atom stereocenters. The van der Waals surface area contributed by atoms with Crippen molar-refractivity contribution >= 4 is 11.7 Å². The van der Waals surface area contributed by atoms with Gasteiger partial charge in [-0.25, -0.2) is 15.8 Å². The van der Waals surface area contributed by atoms with Gasteiger partial charge in [0.25, 0.3) is 5.91 Å². The summed E-state index contributed by atoms with van der Waals surface area (Å²) in [6, 6.07) is 0. The molecule has 0 saturated carbocycles. The fourth-order valence-corrected chi connectivity index (χ4v) is 1.43. The molecule has 0 aliphatic carbocycles. The average molecular weight is 252 g/mol. The quantitative estimate of drug-likeness (QED) is 0.538. The lowest BCUT2D eigenvalue weighted by molar-refractivity contribution is 0.0784. The lowest BCUT2D eigenvalue weighted by Crippen LogP contribution is -2.30. The SMILES string of the molecule is CN(C)CCCN(C)C(=O)c1cnc(NN)cn1. The Morgan fingerprint density at radius 2 is 2.00 bits per heavy atom. The monoisotopic (exact) mass is 252 g/mol. The van der Waals surface area contributed by atoms with Gasteiger partial charge in [-0.15, -0.1) is 0 Å². The van der Waals surface area contributed by atoms with E-state index in [1.807, 2.05) is 14.1 Å². The second-order valence-corrected chi connectivity index (χ2v) is 4.31. The number of nitrogens with one attached hydrogen (secondary N) is 1. The number of nitrogens with zero attached hydrogens (tertiary/aromatic N) is 4. The van der Waals surface area contributed by atoms with Crippen LogP contribution in [0, 0.1) is 0 Å². The van der Waals surface area contributed by atoms with Crippen molar-refractivity contribution in [2.75, 3.05) is 39.7 Å². The van der Waals surface area contributed by atoms with Gasteiger partial charge >= 0.3 is 0 Å². The number of nitrogen functional groups attached to an aromatic ring is 1. The smallest absolute Gasteiger partial charge is 0.273 e. The molecular formula is C11H20N6O. The van der Waals surface area contributed by atoms with Crippen LogP contribution in [0.2, 0.25) is 0 Å². The van der Waals surface area contributed by atoms with Gasteiger partial charge in [-0.05, 0) is 27.1 Å². The fraction of sp³-hybridized carbons (Fsp3) is 0.545. The van der Waals surface area contributed by atoms with Gasteiger partial charge in [0.15, 0.2) is 5.82 Å². The first-order chi connectivity index (χ1) is 8.54. The molecule has 0 atom stereocenters. The molecule has 100 valence electrons. The van der Waals surface area contributed by atoms with E-state index < -0.39 is 0 Å². The van der Waals surface area contributed by atoms with Crippen molar-refractivity contribution in [1.82, 2.24) is 19.8 Å². The van der Waals surface area contributed by atoms with Crippen LogP contribution in [0.3, 0.4) is 0 Å². The highest BCUT2D eigenvalue weighted by Gasteiger charge is 2.13. The van der Waals surface area contributed by atoms with Crippen LogP contribution in [0.1, 0.15) is 16.9 Å². The topological polar surface area (TPSA) is 87.4 Å². The number of hydrogen-bond acceptors (Lipinski definition) is 6. The van der Waals surface area contributed by atoms with Crippen LogP contribution in [0.5, 0.6) is 0 Å². The molecule has 1 aromatic heterocycles. The molecule has 7 nitrogen and oxygen atoms in total. The lowest BCUT2D eigenvalue weighted by Gasteiger charge is -2.18. The van der Waals surface area contributed by atoms with Gasteiger partial charge in [-0.1, -0.05) is 0 Å². The van der Waals surface area contributed by atoms with E-state index in [2.05, 4.69) is 20.3 Å². The van der Waals surface area contributed by atoms with E-state index in [0.717, 1.165) is 13.0 Å². The summed E-state index contributed by atoms with van der Waals surface area (Å²) in [5.74, 6) is 5.48. The number of carbonyl (C=O) groups is 1. The molecule has 0 spiro atoms. The van der Waals surface area contributed by atoms with Crippen LogP contribution < -0.4 is 11.3 Å². The van der Waals surface area contributed by atoms with E-state index in [-0.39, 0.29) is 5.91 Å². The first kappa shape index (κ1) is 14.3. The predicted molar refractivity (Wildman–Crippen MR) is 70.0 cm³/mol. The summed E-state index contributed by atoms with van der Waals surface area (Å²) >= 11 is 0. The van der Waals surface area contributed by atoms with E-state index in [0.29, 0.717) is 18.1 Å². The molecule has 7 heteroatoms. The molecule has 0 saturated heterocycles. The second-order valence-electron chi connectivity index (χ2n) is 4.31. The number of anilines is 1. The summed E-state index contributed by atoms with van der Waals surface area (Å²) in [4.78, 5) is 23.7. The zero-order valence-electron chi connectivity index (χ0n) is 11.1. The average Bonchev–Trinajstić information content (AvgIpc) is 2.37. The van der Waals surface area contributed by atoms with E-state index in [9.17, 15) is 4.79 Å². The molecule has 1 aromatic rings. The number of carbonyl (C=O) groups excluding carboxylic acids is 1. The van der Waals surface area contributed by atoms with Crippen LogP contribution in [-0.4, -0.2) is 59.9 Å². The summed E-state index contributed by atoms with van der Waals surface area (Å²) in [7, 11) is 5.77. The number of nitrogens with two attached hydrogens (primary N) is 1. The summed E-state index contributed by atoms with van der Waals surface area (Å²) < 4.78 is 0. The van der Waals surface area contributed by atoms with E-state index in [4.69, 9.17) is 5.84 Å². The van der Waals surface area contributed by atoms with Crippen LogP contribution >= 0.6 is 0 Å². The Balaban J connectivity index is 2.51. The van der Waals surface area contributed by atoms with E-state index >= 15 is 0 Å². The summed E-state index contributed by atoms with van der Waals surface area (Å²) in [5, 5.41) is 0. The van der Waals surface area contributed by atoms with Gasteiger partial charge in [-0.2, -0.15) is 0 Å². The zero-order chi connectivity index (χ0) is 13.5. The second kappa shape index (κ2) is 6.87. The number of hydrazine groups is 1. The van der Waals surface area contributed by atoms with E-state index in [1.165, 1.54) is 12.4 Å². The van der Waals surface area contributed by atoms with Gasteiger partial charge in [0.05, 0.1) is 12.4 Å². The maximum Gasteiger partial charge on any atom is 0.273 e. The summed E-state index contributed by atoms with van der Waals surface area (Å²) in [6.45, 7) is 1.63. The Kier molecular flexibility index (Phi) is 5.47. The van der Waals surface area contributed by atoms with Crippen molar-refractivity contribution in [3.63, 3.8) is 0 Å². The first-order valence-electron chi connectivity index (χ1n) is 5.73. The minimum Gasteiger partial charge on any atom is -0.340 e. The van der Waals surface area contributed by atoms with Crippen molar-refractivity contribution in [2.45, 2.75) is 6.42 Å². The number of aromatic nitrogens is 2. The molecule has 1 heterocycles. The summed E-state index contributed by atoms with van der Waals surface area (Å²) in [5.41, 5.74) is 2.69. The van der Waals surface area contributed by atoms with Crippen molar-refractivity contribution in [3.05, 3.63) is 18.1 Å². The van der Waals surface area contributed by atoms with Gasteiger partial charge in [0, 0.05) is 13.6 Å². The molecule has 3 N–H and O–H groups in total. The lowest BCUT2D eigenvalue weighted by atomic mass is 10.3. The van der Waals surface area contributed by atoms with Crippen molar-refractivity contribution in [1.29, 1.82) is 0 Å². The van der Waals surface area contributed by atoms with Crippen molar-refractivity contribution in [3.8, 4) is 0 Å². The minimum absolute atomic E-state index is 0.134. The van der Waals surface area contributed by atoms with Crippen LogP contribution in [0.15, 0.2) is 12.4 Å². The van der Waals surface area contributed by atoms with Crippen LogP contribution in [0.4, 0.5) is 5.82 Å². The van der Waals surface area contributed by atoms with Crippen LogP contribution in [-0.2, 0) is 0 Å². The zero-order valence-corrected chi connectivity index (χ0v) is 11.1. The Morgan fingerprint density at radius 1 is 1.28 bits per heavy atom. The third kappa shape index (κ3) is 4.27. The maximum atomic E-state index is 12.0. The van der Waals surface area contributed by atoms with Gasteiger partial charge in [0.2, 0.25) is 0 Å². The third-order valence-corrected chi connectivity index (χ3v) is 2.46. The molecule has 0 bridgehead atoms. The standard InChI is InChI=1S/C11H20N6O/c1-16(2)5-4-6-17(3)11(18)9-7-14-10(15-12)8-13-9/h7-8H,4-6,12H2,1-3H3,(H,14,15). The fourth-order valence-electron chi connectivity index (χ4n) is 1.43. The Morgan fingerprint density at radius 3 is 2.50 bits per heavy atom. The van der Waals surface area contributed by atoms with Crippen molar-refractivity contribution < 1.29 is 4.79 Å². The van der Waals surface area contributed by atoms with Gasteiger partial charge in [0.1, 0.15) is 5.69 Å². The first-order valence-corrected chi connectivity index (χ1v) is 5.73. The maximum absolute atomic E-state index is 12.0. The third-order valence-electron chi connectivity index (χ3n) is 2.46. The molecular weight excluding hydrogens is 232 g/mol. The Bertz CT molecular complexity index is 378. The molecule has 0 aliphatic rings. The molecule has 18 heavy (non-hydrogen) atoms. The molecule has 0 aromatic carbocycles. The van der Waals surface area contributed by atoms with Crippen LogP contribution in [0.25, 0.3) is 0 Å². The highest BCUT2D eigenvalue weighted by Crippen LogP contribution is 2.02. The van der Waals surface area contributed by atoms with Gasteiger partial charge < -0.3 is 15.2 Å². The number of rotatable bonds is 6. The normalized spacial score (nSPS) is 10.5. The summed E-state index contributed by atoms with van der Waals surface area (Å²) in [6.07, 6.45) is 3.77. The van der Waals surface area contributed by atoms with Crippen molar-refractivity contribution in [2.24, 2.45) is 5.84 Å². The largest absolute Gasteiger partial charge is 0.340 e. The molecule has 0 fully saturated rings. The Labute approximate surface area is 107 Å². The molecule has 0 aliphatic heterocycles. The predicted octanol–water partition coefficient (Wildman–Crippen LogP) is -0.214. The minimum atomic E-state index is -0.134. The molecule has 1 amide bonds. The highest BCUT2D eigenvalue weighted by molar-refractivity contribution is 5.91. The van der Waals surface area contributed by atoms with Gasteiger partial charge in [-0.3, -0.25) is 4.79 Å². The van der Waals surface area contributed by atoms with E-state index in [1.54, 1.807) is 11.9 Å². The number of hydrogen-bond donors (Lipinski definition) is 2. The molecule has 1 rings (SSSR count). The highest BCUT2D eigenvalue weighted by atomic mass is 16.2.